The molecular weight excluding hydrogens is 253 g/mol. The second kappa shape index (κ2) is 6.06. The molecule has 0 spiro atoms. The van der Waals surface area contributed by atoms with Crippen molar-refractivity contribution in [2.45, 2.75) is 25.8 Å². The minimum absolute atomic E-state index is 0.279. The molecule has 106 valence electrons. The topological polar surface area (TPSA) is 35.2 Å². The van der Waals surface area contributed by atoms with E-state index in [9.17, 15) is 4.39 Å². The Hall–Kier alpha value is -1.87. The Morgan fingerprint density at radius 1 is 1.10 bits per heavy atom. The van der Waals surface area contributed by atoms with Crippen LogP contribution in [0.25, 0.3) is 0 Å². The van der Waals surface area contributed by atoms with Crippen LogP contribution in [0.1, 0.15) is 31.4 Å². The van der Waals surface area contributed by atoms with E-state index in [2.05, 4.69) is 0 Å². The van der Waals surface area contributed by atoms with Crippen molar-refractivity contribution in [1.29, 1.82) is 0 Å². The maximum absolute atomic E-state index is 14.1. The largest absolute Gasteiger partial charge is 0.494 e. The quantitative estimate of drug-likeness (QED) is 0.898. The zero-order chi connectivity index (χ0) is 14.6. The monoisotopic (exact) mass is 273 g/mol. The molecular formula is C17H20FNO. The highest BCUT2D eigenvalue weighted by Gasteiger charge is 2.30. The lowest BCUT2D eigenvalue weighted by Gasteiger charge is -2.30. The predicted octanol–water partition coefficient (Wildman–Crippen LogP) is 3.84. The van der Waals surface area contributed by atoms with Gasteiger partial charge in [0.2, 0.25) is 0 Å². The van der Waals surface area contributed by atoms with Crippen molar-refractivity contribution in [1.82, 2.24) is 0 Å². The molecule has 0 aliphatic heterocycles. The van der Waals surface area contributed by atoms with Crippen LogP contribution in [0.5, 0.6) is 5.75 Å². The van der Waals surface area contributed by atoms with Crippen LogP contribution < -0.4 is 10.5 Å². The third kappa shape index (κ3) is 2.68. The standard InChI is InChI=1S/C17H20FNO/c1-3-17(19,15-10-5-6-11-16(15)18)13-8-7-9-14(12-13)20-4-2/h5-12H,3-4,19H2,1-2H3. The van der Waals surface area contributed by atoms with Crippen molar-refractivity contribution in [3.8, 4) is 5.75 Å². The van der Waals surface area contributed by atoms with Gasteiger partial charge in [0, 0.05) is 5.56 Å². The molecule has 0 aliphatic rings. The summed E-state index contributed by atoms with van der Waals surface area (Å²) in [6.07, 6.45) is 0.601. The van der Waals surface area contributed by atoms with Gasteiger partial charge < -0.3 is 10.5 Å². The van der Waals surface area contributed by atoms with Crippen molar-refractivity contribution in [3.05, 3.63) is 65.5 Å². The van der Waals surface area contributed by atoms with Gasteiger partial charge in [-0.2, -0.15) is 0 Å². The minimum Gasteiger partial charge on any atom is -0.494 e. The summed E-state index contributed by atoms with van der Waals surface area (Å²) in [5.41, 5.74) is 7.03. The number of hydrogen-bond donors (Lipinski definition) is 1. The van der Waals surface area contributed by atoms with Crippen molar-refractivity contribution in [2.75, 3.05) is 6.61 Å². The van der Waals surface area contributed by atoms with E-state index in [4.69, 9.17) is 10.5 Å². The fourth-order valence-corrected chi connectivity index (χ4v) is 2.40. The first-order chi connectivity index (χ1) is 9.61. The highest BCUT2D eigenvalue weighted by atomic mass is 19.1. The van der Waals surface area contributed by atoms with Gasteiger partial charge in [0.25, 0.3) is 0 Å². The molecule has 0 aliphatic carbocycles. The van der Waals surface area contributed by atoms with Gasteiger partial charge in [0.15, 0.2) is 0 Å². The molecule has 20 heavy (non-hydrogen) atoms. The Morgan fingerprint density at radius 2 is 1.85 bits per heavy atom. The van der Waals surface area contributed by atoms with Gasteiger partial charge in [-0.15, -0.1) is 0 Å². The van der Waals surface area contributed by atoms with E-state index in [-0.39, 0.29) is 5.82 Å². The van der Waals surface area contributed by atoms with Crippen LogP contribution in [0.15, 0.2) is 48.5 Å². The summed E-state index contributed by atoms with van der Waals surface area (Å²) in [6.45, 7) is 4.48. The lowest BCUT2D eigenvalue weighted by atomic mass is 9.81. The first kappa shape index (κ1) is 14.5. The molecule has 3 heteroatoms. The Morgan fingerprint density at radius 3 is 2.50 bits per heavy atom. The van der Waals surface area contributed by atoms with Gasteiger partial charge >= 0.3 is 0 Å². The molecule has 0 radical (unpaired) electrons. The highest BCUT2D eigenvalue weighted by Crippen LogP contribution is 2.33. The number of nitrogens with two attached hydrogens (primary N) is 1. The maximum Gasteiger partial charge on any atom is 0.128 e. The van der Waals surface area contributed by atoms with Crippen LogP contribution in [0.2, 0.25) is 0 Å². The molecule has 2 N–H and O–H groups in total. The molecule has 0 bridgehead atoms. The number of halogens is 1. The molecule has 2 rings (SSSR count). The number of benzene rings is 2. The molecule has 0 amide bonds. The van der Waals surface area contributed by atoms with E-state index < -0.39 is 5.54 Å². The van der Waals surface area contributed by atoms with Crippen LogP contribution in [-0.4, -0.2) is 6.61 Å². The maximum atomic E-state index is 14.1. The predicted molar refractivity (Wildman–Crippen MR) is 79.3 cm³/mol. The van der Waals surface area contributed by atoms with Crippen molar-refractivity contribution >= 4 is 0 Å². The SMILES string of the molecule is CCOc1cccc(C(N)(CC)c2ccccc2F)c1. The van der Waals surface area contributed by atoms with Crippen LogP contribution in [0.3, 0.4) is 0 Å². The lowest BCUT2D eigenvalue weighted by molar-refractivity contribution is 0.338. The summed E-state index contributed by atoms with van der Waals surface area (Å²) in [5.74, 6) is 0.475. The van der Waals surface area contributed by atoms with Crippen LogP contribution >= 0.6 is 0 Å². The van der Waals surface area contributed by atoms with E-state index in [0.29, 0.717) is 18.6 Å². The first-order valence-electron chi connectivity index (χ1n) is 6.89. The van der Waals surface area contributed by atoms with E-state index in [0.717, 1.165) is 11.3 Å². The summed E-state index contributed by atoms with van der Waals surface area (Å²) >= 11 is 0. The average molecular weight is 273 g/mol. The first-order valence-corrected chi connectivity index (χ1v) is 6.89. The molecule has 2 aromatic carbocycles. The van der Waals surface area contributed by atoms with Crippen LogP contribution in [0.4, 0.5) is 4.39 Å². The number of ether oxygens (including phenoxy) is 1. The summed E-state index contributed by atoms with van der Waals surface area (Å²) in [4.78, 5) is 0. The van der Waals surface area contributed by atoms with E-state index in [1.54, 1.807) is 12.1 Å². The third-order valence-corrected chi connectivity index (χ3v) is 3.57. The molecule has 1 atom stereocenters. The van der Waals surface area contributed by atoms with E-state index >= 15 is 0 Å². The Balaban J connectivity index is 2.50. The van der Waals surface area contributed by atoms with Crippen LogP contribution in [0, 0.1) is 5.82 Å². The molecule has 0 aromatic heterocycles. The van der Waals surface area contributed by atoms with E-state index in [1.165, 1.54) is 6.07 Å². The molecule has 0 fully saturated rings. The van der Waals surface area contributed by atoms with Gasteiger partial charge in [-0.1, -0.05) is 37.3 Å². The molecule has 2 nitrogen and oxygen atoms in total. The molecule has 0 heterocycles. The molecule has 0 saturated carbocycles. The van der Waals surface area contributed by atoms with Crippen molar-refractivity contribution < 1.29 is 9.13 Å². The Bertz CT molecular complexity index is 585. The molecule has 0 saturated heterocycles. The number of hydrogen-bond acceptors (Lipinski definition) is 2. The second-order valence-corrected chi connectivity index (χ2v) is 4.77. The van der Waals surface area contributed by atoms with Crippen molar-refractivity contribution in [2.24, 2.45) is 5.73 Å². The van der Waals surface area contributed by atoms with Gasteiger partial charge in [-0.05, 0) is 37.1 Å². The summed E-state index contributed by atoms with van der Waals surface area (Å²) in [5, 5.41) is 0. The summed E-state index contributed by atoms with van der Waals surface area (Å²) in [7, 11) is 0. The van der Waals surface area contributed by atoms with E-state index in [1.807, 2.05) is 44.2 Å². The fourth-order valence-electron chi connectivity index (χ4n) is 2.40. The fraction of sp³-hybridized carbons (Fsp3) is 0.294. The summed E-state index contributed by atoms with van der Waals surface area (Å²) < 4.78 is 19.6. The molecule has 2 aromatic rings. The Labute approximate surface area is 119 Å². The zero-order valence-corrected chi connectivity index (χ0v) is 11.9. The van der Waals surface area contributed by atoms with Gasteiger partial charge in [-0.3, -0.25) is 0 Å². The van der Waals surface area contributed by atoms with Gasteiger partial charge in [-0.25, -0.2) is 4.39 Å². The van der Waals surface area contributed by atoms with Crippen LogP contribution in [-0.2, 0) is 5.54 Å². The highest BCUT2D eigenvalue weighted by molar-refractivity contribution is 5.41. The third-order valence-electron chi connectivity index (χ3n) is 3.57. The number of rotatable bonds is 5. The molecule has 1 unspecified atom stereocenters. The zero-order valence-electron chi connectivity index (χ0n) is 11.9. The van der Waals surface area contributed by atoms with Gasteiger partial charge in [0.05, 0.1) is 12.1 Å². The average Bonchev–Trinajstić information content (AvgIpc) is 2.47. The second-order valence-electron chi connectivity index (χ2n) is 4.77. The normalized spacial score (nSPS) is 13.8. The Kier molecular flexibility index (Phi) is 4.40. The smallest absolute Gasteiger partial charge is 0.128 e. The minimum atomic E-state index is -0.849. The lowest BCUT2D eigenvalue weighted by Crippen LogP contribution is -2.38. The van der Waals surface area contributed by atoms with Crippen molar-refractivity contribution in [3.63, 3.8) is 0 Å². The summed E-state index contributed by atoms with van der Waals surface area (Å²) in [6, 6.07) is 14.2. The van der Waals surface area contributed by atoms with Gasteiger partial charge in [0.1, 0.15) is 11.6 Å².